The molecule has 0 spiro atoms. The molecule has 0 bridgehead atoms. The van der Waals surface area contributed by atoms with Crippen LogP contribution >= 0.6 is 0 Å². The highest BCUT2D eigenvalue weighted by Gasteiger charge is 2.11. The van der Waals surface area contributed by atoms with Gasteiger partial charge < -0.3 is 15.4 Å². The Morgan fingerprint density at radius 1 is 1.28 bits per heavy atom. The van der Waals surface area contributed by atoms with Gasteiger partial charge >= 0.3 is 6.03 Å². The van der Waals surface area contributed by atoms with E-state index in [2.05, 4.69) is 10.6 Å². The Hall–Kier alpha value is -1.62. The number of benzene rings is 1. The number of hydrogen-bond acceptors (Lipinski definition) is 2. The number of ether oxygens (including phenoxy) is 1. The lowest BCUT2D eigenvalue weighted by atomic mass is 10.1. The fourth-order valence-electron chi connectivity index (χ4n) is 1.59. The first-order valence-electron chi connectivity index (χ1n) is 5.84. The molecular formula is C13H19FN2O2. The Balaban J connectivity index is 2.46. The molecular weight excluding hydrogens is 235 g/mol. The smallest absolute Gasteiger partial charge is 0.315 e. The van der Waals surface area contributed by atoms with Gasteiger partial charge in [-0.2, -0.15) is 0 Å². The predicted octanol–water partition coefficient (Wildman–Crippen LogP) is 2.22. The summed E-state index contributed by atoms with van der Waals surface area (Å²) in [7, 11) is 1.58. The number of rotatable bonds is 5. The van der Waals surface area contributed by atoms with Crippen LogP contribution in [0.2, 0.25) is 0 Å². The molecule has 100 valence electrons. The normalized spacial score (nSPS) is 13.8. The van der Waals surface area contributed by atoms with E-state index in [-0.39, 0.29) is 23.9 Å². The molecule has 4 nitrogen and oxygen atoms in total. The van der Waals surface area contributed by atoms with Crippen molar-refractivity contribution in [1.29, 1.82) is 0 Å². The van der Waals surface area contributed by atoms with Crippen LogP contribution in [0, 0.1) is 5.82 Å². The first-order chi connectivity index (χ1) is 8.52. The molecule has 18 heavy (non-hydrogen) atoms. The van der Waals surface area contributed by atoms with Gasteiger partial charge in [-0.15, -0.1) is 0 Å². The molecule has 0 saturated carbocycles. The van der Waals surface area contributed by atoms with Crippen molar-refractivity contribution in [2.24, 2.45) is 0 Å². The molecule has 1 aromatic carbocycles. The van der Waals surface area contributed by atoms with E-state index in [1.54, 1.807) is 19.2 Å². The average molecular weight is 254 g/mol. The van der Waals surface area contributed by atoms with E-state index in [1.807, 2.05) is 13.8 Å². The number of halogens is 1. The van der Waals surface area contributed by atoms with Gasteiger partial charge in [-0.05, 0) is 31.5 Å². The van der Waals surface area contributed by atoms with Crippen LogP contribution in [0.25, 0.3) is 0 Å². The Bertz CT molecular complexity index is 381. The first-order valence-corrected chi connectivity index (χ1v) is 5.84. The number of methoxy groups -OCH3 is 1. The fourth-order valence-corrected chi connectivity index (χ4v) is 1.59. The molecule has 2 atom stereocenters. The summed E-state index contributed by atoms with van der Waals surface area (Å²) in [6.07, 6.45) is 0. The van der Waals surface area contributed by atoms with E-state index in [4.69, 9.17) is 4.74 Å². The third-order valence-corrected chi connectivity index (χ3v) is 2.51. The van der Waals surface area contributed by atoms with Crippen LogP contribution in [-0.4, -0.2) is 25.8 Å². The molecule has 0 saturated heterocycles. The van der Waals surface area contributed by atoms with Crippen molar-refractivity contribution < 1.29 is 13.9 Å². The van der Waals surface area contributed by atoms with E-state index in [1.165, 1.54) is 12.1 Å². The topological polar surface area (TPSA) is 50.4 Å². The molecule has 1 aromatic rings. The van der Waals surface area contributed by atoms with Gasteiger partial charge in [-0.1, -0.05) is 12.1 Å². The molecule has 0 aliphatic heterocycles. The number of carbonyl (C=O) groups excluding carboxylic acids is 1. The fraction of sp³-hybridized carbons (Fsp3) is 0.462. The summed E-state index contributed by atoms with van der Waals surface area (Å²) in [6, 6.07) is 5.54. The minimum absolute atomic E-state index is 0.0598. The minimum atomic E-state index is -0.288. The van der Waals surface area contributed by atoms with Gasteiger partial charge in [-0.25, -0.2) is 9.18 Å². The van der Waals surface area contributed by atoms with Crippen molar-refractivity contribution in [3.63, 3.8) is 0 Å². The Labute approximate surface area is 107 Å². The van der Waals surface area contributed by atoms with Crippen LogP contribution in [0.4, 0.5) is 9.18 Å². The van der Waals surface area contributed by atoms with Gasteiger partial charge in [0.15, 0.2) is 0 Å². The summed E-state index contributed by atoms with van der Waals surface area (Å²) in [6.45, 7) is 4.15. The highest BCUT2D eigenvalue weighted by molar-refractivity contribution is 5.74. The SMILES string of the molecule is COCC(C)NC(=O)NC(C)c1ccc(F)cc1. The van der Waals surface area contributed by atoms with E-state index in [0.717, 1.165) is 5.56 Å². The second-order valence-corrected chi connectivity index (χ2v) is 4.25. The van der Waals surface area contributed by atoms with Crippen molar-refractivity contribution in [2.45, 2.75) is 25.9 Å². The first kappa shape index (κ1) is 14.4. The lowest BCUT2D eigenvalue weighted by Gasteiger charge is -2.18. The van der Waals surface area contributed by atoms with Gasteiger partial charge in [0.2, 0.25) is 0 Å². The van der Waals surface area contributed by atoms with Crippen LogP contribution in [0.1, 0.15) is 25.5 Å². The number of urea groups is 1. The third kappa shape index (κ3) is 4.71. The van der Waals surface area contributed by atoms with Crippen LogP contribution in [0.5, 0.6) is 0 Å². The maximum Gasteiger partial charge on any atom is 0.315 e. The quantitative estimate of drug-likeness (QED) is 0.846. The van der Waals surface area contributed by atoms with Crippen LogP contribution < -0.4 is 10.6 Å². The second-order valence-electron chi connectivity index (χ2n) is 4.25. The van der Waals surface area contributed by atoms with Crippen LogP contribution in [-0.2, 0) is 4.74 Å². The van der Waals surface area contributed by atoms with E-state index in [0.29, 0.717) is 6.61 Å². The van der Waals surface area contributed by atoms with Gasteiger partial charge in [0, 0.05) is 7.11 Å². The van der Waals surface area contributed by atoms with Crippen molar-refractivity contribution >= 4 is 6.03 Å². The van der Waals surface area contributed by atoms with Crippen molar-refractivity contribution in [2.75, 3.05) is 13.7 Å². The maximum absolute atomic E-state index is 12.8. The maximum atomic E-state index is 12.8. The third-order valence-electron chi connectivity index (χ3n) is 2.51. The number of carbonyl (C=O) groups is 1. The van der Waals surface area contributed by atoms with Gasteiger partial charge in [-0.3, -0.25) is 0 Å². The molecule has 0 aliphatic carbocycles. The summed E-state index contributed by atoms with van der Waals surface area (Å²) >= 11 is 0. The molecule has 0 fully saturated rings. The summed E-state index contributed by atoms with van der Waals surface area (Å²) in [5, 5.41) is 5.52. The highest BCUT2D eigenvalue weighted by Crippen LogP contribution is 2.12. The monoisotopic (exact) mass is 254 g/mol. The van der Waals surface area contributed by atoms with Crippen molar-refractivity contribution in [1.82, 2.24) is 10.6 Å². The van der Waals surface area contributed by atoms with Gasteiger partial charge in [0.1, 0.15) is 5.82 Å². The zero-order valence-corrected chi connectivity index (χ0v) is 10.9. The zero-order chi connectivity index (χ0) is 13.5. The molecule has 0 radical (unpaired) electrons. The lowest BCUT2D eigenvalue weighted by Crippen LogP contribution is -2.43. The average Bonchev–Trinajstić information content (AvgIpc) is 2.29. The number of hydrogen-bond donors (Lipinski definition) is 2. The van der Waals surface area contributed by atoms with Crippen LogP contribution in [0.15, 0.2) is 24.3 Å². The van der Waals surface area contributed by atoms with E-state index >= 15 is 0 Å². The molecule has 1 rings (SSSR count). The van der Waals surface area contributed by atoms with Crippen molar-refractivity contribution in [3.8, 4) is 0 Å². The number of amides is 2. The lowest BCUT2D eigenvalue weighted by molar-refractivity contribution is 0.170. The zero-order valence-electron chi connectivity index (χ0n) is 10.9. The molecule has 2 N–H and O–H groups in total. The van der Waals surface area contributed by atoms with Crippen molar-refractivity contribution in [3.05, 3.63) is 35.6 Å². The molecule has 2 unspecified atom stereocenters. The Morgan fingerprint density at radius 2 is 1.89 bits per heavy atom. The van der Waals surface area contributed by atoms with E-state index < -0.39 is 0 Å². The Morgan fingerprint density at radius 3 is 2.44 bits per heavy atom. The molecule has 5 heteroatoms. The molecule has 0 heterocycles. The van der Waals surface area contributed by atoms with Gasteiger partial charge in [0.05, 0.1) is 18.7 Å². The molecule has 2 amide bonds. The summed E-state index contributed by atoms with van der Waals surface area (Å²) < 4.78 is 17.7. The second kappa shape index (κ2) is 6.96. The Kier molecular flexibility index (Phi) is 5.58. The number of nitrogens with one attached hydrogen (secondary N) is 2. The highest BCUT2D eigenvalue weighted by atomic mass is 19.1. The summed E-state index contributed by atoms with van der Waals surface area (Å²) in [5.74, 6) is -0.288. The standard InChI is InChI=1S/C13H19FN2O2/c1-9(8-18-3)15-13(17)16-10(2)11-4-6-12(14)7-5-11/h4-7,9-10H,8H2,1-3H3,(H2,15,16,17). The minimum Gasteiger partial charge on any atom is -0.383 e. The predicted molar refractivity (Wildman–Crippen MR) is 67.8 cm³/mol. The van der Waals surface area contributed by atoms with E-state index in [9.17, 15) is 9.18 Å². The summed E-state index contributed by atoms with van der Waals surface area (Å²) in [5.41, 5.74) is 0.853. The van der Waals surface area contributed by atoms with Crippen LogP contribution in [0.3, 0.4) is 0 Å². The largest absolute Gasteiger partial charge is 0.383 e. The molecule has 0 aliphatic rings. The van der Waals surface area contributed by atoms with Gasteiger partial charge in [0.25, 0.3) is 0 Å². The summed E-state index contributed by atoms with van der Waals surface area (Å²) in [4.78, 5) is 11.6. The molecule has 0 aromatic heterocycles.